The summed E-state index contributed by atoms with van der Waals surface area (Å²) in [6.07, 6.45) is 0.837. The van der Waals surface area contributed by atoms with E-state index in [0.717, 1.165) is 14.4 Å². The molecular weight excluding hydrogens is 541 g/mol. The van der Waals surface area contributed by atoms with Gasteiger partial charge in [0, 0.05) is 24.8 Å². The van der Waals surface area contributed by atoms with Crippen LogP contribution in [0.3, 0.4) is 0 Å². The number of amides is 2. The second-order valence-corrected chi connectivity index (χ2v) is 12.7. The van der Waals surface area contributed by atoms with Crippen LogP contribution < -0.4 is 10.6 Å². The number of nitrogens with one attached hydrogen (secondary N) is 2. The van der Waals surface area contributed by atoms with Crippen LogP contribution in [-0.4, -0.2) is 50.7 Å². The van der Waals surface area contributed by atoms with Gasteiger partial charge in [0.1, 0.15) is 10.9 Å². The van der Waals surface area contributed by atoms with Crippen molar-refractivity contribution in [1.29, 1.82) is 0 Å². The maximum Gasteiger partial charge on any atom is 0.262 e. The lowest BCUT2D eigenvalue weighted by molar-refractivity contribution is -0.123. The largest absolute Gasteiger partial charge is 0.354 e. The van der Waals surface area contributed by atoms with Crippen LogP contribution in [0.4, 0.5) is 0 Å². The third-order valence-electron chi connectivity index (χ3n) is 5.51. The van der Waals surface area contributed by atoms with Crippen molar-refractivity contribution in [2.45, 2.75) is 37.6 Å². The molecule has 1 aromatic heterocycles. The molecule has 3 aromatic rings. The van der Waals surface area contributed by atoms with Gasteiger partial charge in [-0.25, -0.2) is 12.7 Å². The van der Waals surface area contributed by atoms with Gasteiger partial charge in [-0.2, -0.15) is 0 Å². The Balaban J connectivity index is 1.57. The molecule has 2 aromatic carbocycles. The van der Waals surface area contributed by atoms with E-state index < -0.39 is 16.1 Å². The fraction of sp³-hybridized carbons (Fsp3) is 0.360. The Kier molecular flexibility index (Phi) is 9.77. The summed E-state index contributed by atoms with van der Waals surface area (Å²) in [6.45, 7) is 4.34. The van der Waals surface area contributed by atoms with E-state index in [1.807, 2.05) is 44.2 Å². The summed E-state index contributed by atoms with van der Waals surface area (Å²) >= 11 is 13.5. The normalized spacial score (nSPS) is 12.8. The van der Waals surface area contributed by atoms with Crippen LogP contribution in [0, 0.1) is 5.92 Å². The predicted octanol–water partition coefficient (Wildman–Crippen LogP) is 5.18. The van der Waals surface area contributed by atoms with Gasteiger partial charge >= 0.3 is 0 Å². The van der Waals surface area contributed by atoms with Gasteiger partial charge in [-0.15, -0.1) is 11.3 Å². The molecule has 0 unspecified atom stereocenters. The van der Waals surface area contributed by atoms with Crippen molar-refractivity contribution in [3.8, 4) is 0 Å². The molecule has 36 heavy (non-hydrogen) atoms. The molecule has 2 amide bonds. The van der Waals surface area contributed by atoms with Gasteiger partial charge in [-0.1, -0.05) is 61.3 Å². The van der Waals surface area contributed by atoms with Gasteiger partial charge in [0.2, 0.25) is 15.9 Å². The molecule has 0 aliphatic heterocycles. The van der Waals surface area contributed by atoms with Gasteiger partial charge in [0.25, 0.3) is 5.91 Å². The summed E-state index contributed by atoms with van der Waals surface area (Å²) in [5.74, 6) is -0.419. The molecular formula is C25H29Cl2N3O4S2. The Morgan fingerprint density at radius 3 is 2.36 bits per heavy atom. The average Bonchev–Trinajstić information content (AvgIpc) is 3.25. The van der Waals surface area contributed by atoms with Crippen LogP contribution in [0.2, 0.25) is 10.0 Å². The quantitative estimate of drug-likeness (QED) is 0.311. The van der Waals surface area contributed by atoms with Crippen LogP contribution >= 0.6 is 34.5 Å². The minimum atomic E-state index is -3.89. The molecule has 7 nitrogen and oxygen atoms in total. The van der Waals surface area contributed by atoms with E-state index in [1.165, 1.54) is 30.5 Å². The van der Waals surface area contributed by atoms with Gasteiger partial charge < -0.3 is 10.6 Å². The highest BCUT2D eigenvalue weighted by Gasteiger charge is 2.27. The second-order valence-electron chi connectivity index (χ2n) is 8.83. The van der Waals surface area contributed by atoms with Crippen LogP contribution in [0.15, 0.2) is 53.4 Å². The number of fused-ring (bicyclic) bond motifs is 1. The van der Waals surface area contributed by atoms with Crippen LogP contribution in [0.1, 0.15) is 36.4 Å². The Bertz CT molecular complexity index is 1290. The number of rotatable bonds is 11. The van der Waals surface area contributed by atoms with Crippen LogP contribution in [0.25, 0.3) is 10.1 Å². The van der Waals surface area contributed by atoms with E-state index in [2.05, 4.69) is 10.6 Å². The number of carbonyl (C=O) groups excluding carboxylic acids is 2. The molecule has 0 aliphatic carbocycles. The molecule has 1 heterocycles. The highest BCUT2D eigenvalue weighted by atomic mass is 35.5. The Morgan fingerprint density at radius 2 is 1.72 bits per heavy atom. The predicted molar refractivity (Wildman–Crippen MR) is 146 cm³/mol. The van der Waals surface area contributed by atoms with Crippen LogP contribution in [0.5, 0.6) is 0 Å². The molecule has 0 aliphatic rings. The molecule has 2 N–H and O–H groups in total. The number of sulfonamides is 1. The molecule has 0 bridgehead atoms. The SMILES string of the molecule is CC(C)C[C@H](NC(=O)c1cc2ccccc2s1)C(=O)NCCCN(C)S(=O)(=O)c1c(Cl)cccc1Cl. The van der Waals surface area contributed by atoms with E-state index >= 15 is 0 Å². The highest BCUT2D eigenvalue weighted by molar-refractivity contribution is 7.89. The number of hydrogen-bond acceptors (Lipinski definition) is 5. The summed E-state index contributed by atoms with van der Waals surface area (Å²) in [7, 11) is -2.46. The van der Waals surface area contributed by atoms with Gasteiger partial charge in [-0.3, -0.25) is 9.59 Å². The molecule has 0 radical (unpaired) electrons. The van der Waals surface area contributed by atoms with Crippen molar-refractivity contribution in [2.75, 3.05) is 20.1 Å². The third kappa shape index (κ3) is 6.98. The summed E-state index contributed by atoms with van der Waals surface area (Å²) < 4.78 is 27.9. The van der Waals surface area contributed by atoms with E-state index in [0.29, 0.717) is 17.7 Å². The maximum absolute atomic E-state index is 12.9. The summed E-state index contributed by atoms with van der Waals surface area (Å²) in [4.78, 5) is 26.1. The first-order valence-electron chi connectivity index (χ1n) is 11.5. The molecule has 0 fully saturated rings. The Morgan fingerprint density at radius 1 is 1.06 bits per heavy atom. The molecule has 0 saturated carbocycles. The minimum Gasteiger partial charge on any atom is -0.354 e. The number of thiophene rings is 1. The van der Waals surface area contributed by atoms with Crippen molar-refractivity contribution in [2.24, 2.45) is 5.92 Å². The lowest BCUT2D eigenvalue weighted by atomic mass is 10.0. The molecule has 194 valence electrons. The standard InChI is InChI=1S/C25H29Cl2N3O4S2/c1-16(2)14-20(29-25(32)22-15-17-8-4-5-11-21(17)35-22)24(31)28-12-7-13-30(3)36(33,34)23-18(26)9-6-10-19(23)27/h4-6,8-11,15-16,20H,7,12-14H2,1-3H3,(H,28,31)(H,29,32)/t20-/m0/s1. The van der Waals surface area contributed by atoms with Crippen molar-refractivity contribution in [3.05, 3.63) is 63.5 Å². The smallest absolute Gasteiger partial charge is 0.262 e. The minimum absolute atomic E-state index is 0.0496. The topological polar surface area (TPSA) is 95.6 Å². The van der Waals surface area contributed by atoms with Crippen molar-refractivity contribution in [1.82, 2.24) is 14.9 Å². The fourth-order valence-electron chi connectivity index (χ4n) is 3.67. The maximum atomic E-state index is 12.9. The molecule has 0 saturated heterocycles. The number of benzene rings is 2. The number of carbonyl (C=O) groups is 2. The third-order valence-corrected chi connectivity index (χ3v) is 9.44. The molecule has 3 rings (SSSR count). The molecule has 1 atom stereocenters. The zero-order valence-corrected chi connectivity index (χ0v) is 23.4. The van der Waals surface area contributed by atoms with Gasteiger partial charge in [0.05, 0.1) is 14.9 Å². The first-order valence-corrected chi connectivity index (χ1v) is 14.5. The van der Waals surface area contributed by atoms with Crippen molar-refractivity contribution < 1.29 is 18.0 Å². The van der Waals surface area contributed by atoms with E-state index in [9.17, 15) is 18.0 Å². The first kappa shape index (κ1) is 28.4. The lowest BCUT2D eigenvalue weighted by Gasteiger charge is -2.21. The lowest BCUT2D eigenvalue weighted by Crippen LogP contribution is -2.47. The summed E-state index contributed by atoms with van der Waals surface area (Å²) in [6, 6.07) is 13.4. The van der Waals surface area contributed by atoms with E-state index in [4.69, 9.17) is 23.2 Å². The van der Waals surface area contributed by atoms with E-state index in [1.54, 1.807) is 6.07 Å². The van der Waals surface area contributed by atoms with E-state index in [-0.39, 0.29) is 45.8 Å². The summed E-state index contributed by atoms with van der Waals surface area (Å²) in [5, 5.41) is 6.75. The van der Waals surface area contributed by atoms with Crippen molar-refractivity contribution in [3.63, 3.8) is 0 Å². The Labute approximate surface area is 225 Å². The van der Waals surface area contributed by atoms with Gasteiger partial charge in [-0.05, 0) is 48.4 Å². The van der Waals surface area contributed by atoms with Crippen molar-refractivity contribution >= 4 is 66.5 Å². The fourth-order valence-corrected chi connectivity index (χ4v) is 6.93. The molecule has 0 spiro atoms. The summed E-state index contributed by atoms with van der Waals surface area (Å²) in [5.41, 5.74) is 0. The second kappa shape index (κ2) is 12.4. The monoisotopic (exact) mass is 569 g/mol. The zero-order chi connectivity index (χ0) is 26.5. The first-order chi connectivity index (χ1) is 17.0. The van der Waals surface area contributed by atoms with Crippen LogP contribution in [-0.2, 0) is 14.8 Å². The number of halogens is 2. The zero-order valence-electron chi connectivity index (χ0n) is 20.3. The van der Waals surface area contributed by atoms with Gasteiger partial charge in [0.15, 0.2) is 0 Å². The highest BCUT2D eigenvalue weighted by Crippen LogP contribution is 2.31. The number of hydrogen-bond donors (Lipinski definition) is 2. The Hall–Kier alpha value is -2.17. The number of nitrogens with zero attached hydrogens (tertiary/aromatic N) is 1. The molecule has 11 heteroatoms. The average molecular weight is 571 g/mol.